The lowest BCUT2D eigenvalue weighted by Gasteiger charge is -2.27. The normalized spacial score (nSPS) is 16.5. The van der Waals surface area contributed by atoms with Crippen LogP contribution in [0.25, 0.3) is 0 Å². The van der Waals surface area contributed by atoms with Crippen molar-refractivity contribution < 1.29 is 4.74 Å². The lowest BCUT2D eigenvalue weighted by atomic mass is 10.3. The third-order valence-electron chi connectivity index (χ3n) is 2.99. The molecule has 1 saturated heterocycles. The third kappa shape index (κ3) is 4.12. The first-order chi connectivity index (χ1) is 8.88. The van der Waals surface area contributed by atoms with Gasteiger partial charge < -0.3 is 20.3 Å². The highest BCUT2D eigenvalue weighted by molar-refractivity contribution is 5.32. The predicted molar refractivity (Wildman–Crippen MR) is 71.0 cm³/mol. The molecule has 0 spiro atoms. The molecular weight excluding hydrogens is 230 g/mol. The van der Waals surface area contributed by atoms with Gasteiger partial charge in [0.25, 0.3) is 0 Å². The van der Waals surface area contributed by atoms with Gasteiger partial charge in [-0.3, -0.25) is 4.98 Å². The summed E-state index contributed by atoms with van der Waals surface area (Å²) in [6.07, 6.45) is 4.43. The molecule has 100 valence electrons. The molecule has 1 aromatic rings. The summed E-state index contributed by atoms with van der Waals surface area (Å²) in [6, 6.07) is 0. The van der Waals surface area contributed by atoms with Crippen LogP contribution in [0.15, 0.2) is 12.4 Å². The van der Waals surface area contributed by atoms with Gasteiger partial charge in [-0.05, 0) is 13.0 Å². The summed E-state index contributed by atoms with van der Waals surface area (Å²) >= 11 is 0. The average Bonchev–Trinajstić information content (AvgIpc) is 2.45. The summed E-state index contributed by atoms with van der Waals surface area (Å²) in [6.45, 7) is 6.55. The van der Waals surface area contributed by atoms with E-state index in [1.807, 2.05) is 0 Å². The molecule has 0 amide bonds. The van der Waals surface area contributed by atoms with E-state index in [0.717, 1.165) is 51.5 Å². The van der Waals surface area contributed by atoms with Gasteiger partial charge in [0.1, 0.15) is 5.82 Å². The fourth-order valence-corrected chi connectivity index (χ4v) is 1.99. The van der Waals surface area contributed by atoms with Crippen LogP contribution >= 0.6 is 0 Å². The van der Waals surface area contributed by atoms with Crippen LogP contribution in [0.2, 0.25) is 0 Å². The van der Waals surface area contributed by atoms with Gasteiger partial charge in [0.15, 0.2) is 0 Å². The van der Waals surface area contributed by atoms with Crippen molar-refractivity contribution >= 4 is 5.82 Å². The van der Waals surface area contributed by atoms with E-state index in [2.05, 4.69) is 25.5 Å². The largest absolute Gasteiger partial charge is 0.480 e. The number of nitrogens with zero attached hydrogens (tertiary/aromatic N) is 3. The molecule has 6 heteroatoms. The number of rotatable bonds is 6. The van der Waals surface area contributed by atoms with Gasteiger partial charge in [0.2, 0.25) is 5.88 Å². The maximum Gasteiger partial charge on any atom is 0.233 e. The summed E-state index contributed by atoms with van der Waals surface area (Å²) in [7, 11) is 1.60. The minimum Gasteiger partial charge on any atom is -0.480 e. The zero-order chi connectivity index (χ0) is 12.6. The molecule has 0 saturated carbocycles. The van der Waals surface area contributed by atoms with E-state index in [4.69, 9.17) is 4.74 Å². The highest BCUT2D eigenvalue weighted by atomic mass is 16.5. The number of anilines is 1. The zero-order valence-electron chi connectivity index (χ0n) is 10.9. The Hall–Kier alpha value is -1.40. The first kappa shape index (κ1) is 13.0. The number of aromatic nitrogens is 2. The Balaban J connectivity index is 1.65. The Morgan fingerprint density at radius 3 is 3.00 bits per heavy atom. The quantitative estimate of drug-likeness (QED) is 0.704. The first-order valence-corrected chi connectivity index (χ1v) is 6.41. The smallest absolute Gasteiger partial charge is 0.233 e. The SMILES string of the molecule is COc1cncc(NCCCN2CCNCC2)n1. The molecule has 2 rings (SSSR count). The van der Waals surface area contributed by atoms with Crippen molar-refractivity contribution in [3.63, 3.8) is 0 Å². The van der Waals surface area contributed by atoms with Crippen LogP contribution in [0, 0.1) is 0 Å². The molecule has 1 aliphatic rings. The average molecular weight is 251 g/mol. The number of piperazine rings is 1. The minimum absolute atomic E-state index is 0.544. The maximum atomic E-state index is 5.03. The van der Waals surface area contributed by atoms with Gasteiger partial charge >= 0.3 is 0 Å². The Morgan fingerprint density at radius 2 is 2.22 bits per heavy atom. The van der Waals surface area contributed by atoms with Crippen molar-refractivity contribution in [3.8, 4) is 5.88 Å². The molecule has 1 fully saturated rings. The lowest BCUT2D eigenvalue weighted by Crippen LogP contribution is -2.44. The molecular formula is C12H21N5O. The zero-order valence-corrected chi connectivity index (χ0v) is 10.9. The molecule has 0 bridgehead atoms. The van der Waals surface area contributed by atoms with Crippen LogP contribution in [0.3, 0.4) is 0 Å². The van der Waals surface area contributed by atoms with Gasteiger partial charge in [-0.1, -0.05) is 0 Å². The number of nitrogens with one attached hydrogen (secondary N) is 2. The molecule has 0 aromatic carbocycles. The second-order valence-corrected chi connectivity index (χ2v) is 4.32. The van der Waals surface area contributed by atoms with Gasteiger partial charge in [-0.25, -0.2) is 0 Å². The number of ether oxygens (including phenoxy) is 1. The van der Waals surface area contributed by atoms with Crippen LogP contribution < -0.4 is 15.4 Å². The number of methoxy groups -OCH3 is 1. The Kier molecular flexibility index (Phi) is 5.16. The summed E-state index contributed by atoms with van der Waals surface area (Å²) in [5, 5.41) is 6.62. The third-order valence-corrected chi connectivity index (χ3v) is 2.99. The fraction of sp³-hybridized carbons (Fsp3) is 0.667. The first-order valence-electron chi connectivity index (χ1n) is 6.41. The monoisotopic (exact) mass is 251 g/mol. The fourth-order valence-electron chi connectivity index (χ4n) is 1.99. The molecule has 0 atom stereocenters. The van der Waals surface area contributed by atoms with E-state index in [1.54, 1.807) is 19.5 Å². The lowest BCUT2D eigenvalue weighted by molar-refractivity contribution is 0.240. The van der Waals surface area contributed by atoms with Gasteiger partial charge in [0, 0.05) is 32.7 Å². The van der Waals surface area contributed by atoms with Crippen LogP contribution in [-0.4, -0.2) is 61.2 Å². The molecule has 2 N–H and O–H groups in total. The second kappa shape index (κ2) is 7.13. The van der Waals surface area contributed by atoms with E-state index < -0.39 is 0 Å². The highest BCUT2D eigenvalue weighted by Gasteiger charge is 2.08. The van der Waals surface area contributed by atoms with Crippen molar-refractivity contribution in [2.75, 3.05) is 51.7 Å². The number of hydrogen-bond donors (Lipinski definition) is 2. The topological polar surface area (TPSA) is 62.3 Å². The van der Waals surface area contributed by atoms with E-state index >= 15 is 0 Å². The van der Waals surface area contributed by atoms with Crippen molar-refractivity contribution in [3.05, 3.63) is 12.4 Å². The van der Waals surface area contributed by atoms with E-state index in [0.29, 0.717) is 5.88 Å². The van der Waals surface area contributed by atoms with Gasteiger partial charge in [0.05, 0.1) is 19.5 Å². The Labute approximate surface area is 108 Å². The molecule has 1 aliphatic heterocycles. The van der Waals surface area contributed by atoms with E-state index in [9.17, 15) is 0 Å². The Bertz CT molecular complexity index is 354. The highest BCUT2D eigenvalue weighted by Crippen LogP contribution is 2.07. The maximum absolute atomic E-state index is 5.03. The van der Waals surface area contributed by atoms with E-state index in [-0.39, 0.29) is 0 Å². The molecule has 0 unspecified atom stereocenters. The Morgan fingerprint density at radius 1 is 1.39 bits per heavy atom. The summed E-state index contributed by atoms with van der Waals surface area (Å²) < 4.78 is 5.03. The summed E-state index contributed by atoms with van der Waals surface area (Å²) in [4.78, 5) is 10.8. The van der Waals surface area contributed by atoms with Gasteiger partial charge in [-0.2, -0.15) is 4.98 Å². The van der Waals surface area contributed by atoms with Crippen molar-refractivity contribution in [1.82, 2.24) is 20.2 Å². The van der Waals surface area contributed by atoms with E-state index in [1.165, 1.54) is 0 Å². The number of hydrogen-bond acceptors (Lipinski definition) is 6. The molecule has 2 heterocycles. The van der Waals surface area contributed by atoms with Crippen molar-refractivity contribution in [2.24, 2.45) is 0 Å². The molecule has 1 aromatic heterocycles. The van der Waals surface area contributed by atoms with Crippen LogP contribution in [-0.2, 0) is 0 Å². The molecule has 0 aliphatic carbocycles. The predicted octanol–water partition coefficient (Wildman–Crippen LogP) is 0.192. The van der Waals surface area contributed by atoms with Crippen LogP contribution in [0.5, 0.6) is 5.88 Å². The standard InChI is InChI=1S/C12H21N5O/c1-18-12-10-14-9-11(16-12)15-3-2-6-17-7-4-13-5-8-17/h9-10,13H,2-8H2,1H3,(H,15,16). The molecule has 6 nitrogen and oxygen atoms in total. The molecule has 18 heavy (non-hydrogen) atoms. The summed E-state index contributed by atoms with van der Waals surface area (Å²) in [5.74, 6) is 1.32. The van der Waals surface area contributed by atoms with Crippen molar-refractivity contribution in [2.45, 2.75) is 6.42 Å². The molecule has 0 radical (unpaired) electrons. The van der Waals surface area contributed by atoms with Crippen molar-refractivity contribution in [1.29, 1.82) is 0 Å². The minimum atomic E-state index is 0.544. The second-order valence-electron chi connectivity index (χ2n) is 4.32. The summed E-state index contributed by atoms with van der Waals surface area (Å²) in [5.41, 5.74) is 0. The van der Waals surface area contributed by atoms with Crippen LogP contribution in [0.1, 0.15) is 6.42 Å². The van der Waals surface area contributed by atoms with Crippen LogP contribution in [0.4, 0.5) is 5.82 Å². The van der Waals surface area contributed by atoms with Gasteiger partial charge in [-0.15, -0.1) is 0 Å².